The van der Waals surface area contributed by atoms with Crippen LogP contribution in [-0.2, 0) is 6.54 Å². The smallest absolute Gasteiger partial charge is 0.191 e. The molecule has 0 amide bonds. The Morgan fingerprint density at radius 3 is 2.56 bits per heavy atom. The van der Waals surface area contributed by atoms with Gasteiger partial charge >= 0.3 is 0 Å². The Kier molecular flexibility index (Phi) is 14.1. The van der Waals surface area contributed by atoms with Crippen molar-refractivity contribution >= 4 is 29.9 Å². The number of phenolic OH excluding ortho intramolecular Hbond substituents is 1. The van der Waals surface area contributed by atoms with Crippen LogP contribution in [0.5, 0.6) is 11.5 Å². The van der Waals surface area contributed by atoms with Gasteiger partial charge in [-0.3, -0.25) is 0 Å². The molecule has 0 saturated heterocycles. The van der Waals surface area contributed by atoms with Crippen LogP contribution < -0.4 is 15.4 Å². The van der Waals surface area contributed by atoms with Crippen LogP contribution in [0, 0.1) is 0 Å². The van der Waals surface area contributed by atoms with Crippen LogP contribution >= 0.6 is 24.0 Å². The zero-order valence-corrected chi connectivity index (χ0v) is 19.7. The van der Waals surface area contributed by atoms with Crippen molar-refractivity contribution in [1.29, 1.82) is 0 Å². The standard InChI is InChI=1S/C20H36N4O2.HI/c1-6-21-20(23-16(4)11-10-14-24(7-2)8-3)22-15-17-12-9-13-18(26-5)19(17)25;/h9,12-13,16,25H,6-8,10-11,14-15H2,1-5H3,(H2,21,22,23);1H. The van der Waals surface area contributed by atoms with Crippen LogP contribution in [0.3, 0.4) is 0 Å². The van der Waals surface area contributed by atoms with E-state index < -0.39 is 0 Å². The number of nitrogens with one attached hydrogen (secondary N) is 2. The third kappa shape index (κ3) is 9.51. The minimum Gasteiger partial charge on any atom is -0.504 e. The Morgan fingerprint density at radius 1 is 1.26 bits per heavy atom. The minimum absolute atomic E-state index is 0. The lowest BCUT2D eigenvalue weighted by atomic mass is 10.1. The van der Waals surface area contributed by atoms with Crippen LogP contribution in [0.2, 0.25) is 0 Å². The summed E-state index contributed by atoms with van der Waals surface area (Å²) in [7, 11) is 1.55. The van der Waals surface area contributed by atoms with Gasteiger partial charge in [0.1, 0.15) is 0 Å². The first-order valence-electron chi connectivity index (χ1n) is 9.67. The number of para-hydroxylation sites is 1. The minimum atomic E-state index is 0. The lowest BCUT2D eigenvalue weighted by Crippen LogP contribution is -2.42. The molecule has 7 heteroatoms. The van der Waals surface area contributed by atoms with Crippen LogP contribution in [-0.4, -0.2) is 55.3 Å². The van der Waals surface area contributed by atoms with Gasteiger partial charge in [0, 0.05) is 18.2 Å². The van der Waals surface area contributed by atoms with Crippen molar-refractivity contribution < 1.29 is 9.84 Å². The molecule has 3 N–H and O–H groups in total. The number of benzene rings is 1. The number of rotatable bonds is 11. The molecule has 1 unspecified atom stereocenters. The van der Waals surface area contributed by atoms with Crippen molar-refractivity contribution in [3.63, 3.8) is 0 Å². The van der Waals surface area contributed by atoms with Crippen molar-refractivity contribution in [2.75, 3.05) is 33.3 Å². The van der Waals surface area contributed by atoms with E-state index in [0.29, 0.717) is 18.3 Å². The molecule has 0 aliphatic heterocycles. The molecule has 0 saturated carbocycles. The number of hydrogen-bond acceptors (Lipinski definition) is 4. The monoisotopic (exact) mass is 492 g/mol. The summed E-state index contributed by atoms with van der Waals surface area (Å²) in [4.78, 5) is 7.05. The Labute approximate surface area is 181 Å². The number of phenols is 1. The number of halogens is 1. The van der Waals surface area contributed by atoms with Crippen molar-refractivity contribution in [2.45, 2.75) is 53.1 Å². The molecule has 156 valence electrons. The number of guanidine groups is 1. The fourth-order valence-electron chi connectivity index (χ4n) is 2.81. The molecule has 1 rings (SSSR count). The number of aromatic hydroxyl groups is 1. The zero-order chi connectivity index (χ0) is 19.4. The molecule has 0 fully saturated rings. The molecule has 0 spiro atoms. The summed E-state index contributed by atoms with van der Waals surface area (Å²) in [5, 5.41) is 16.9. The summed E-state index contributed by atoms with van der Waals surface area (Å²) in [5.41, 5.74) is 0.746. The summed E-state index contributed by atoms with van der Waals surface area (Å²) < 4.78 is 5.15. The largest absolute Gasteiger partial charge is 0.504 e. The van der Waals surface area contributed by atoms with E-state index in [9.17, 15) is 5.11 Å². The fourth-order valence-corrected chi connectivity index (χ4v) is 2.81. The predicted molar refractivity (Wildman–Crippen MR) is 125 cm³/mol. The van der Waals surface area contributed by atoms with E-state index in [1.165, 1.54) is 0 Å². The average molecular weight is 492 g/mol. The second-order valence-corrected chi connectivity index (χ2v) is 6.38. The molecule has 27 heavy (non-hydrogen) atoms. The third-order valence-electron chi connectivity index (χ3n) is 4.44. The SMILES string of the molecule is CCNC(=NCc1cccc(OC)c1O)NC(C)CCCN(CC)CC.I. The Balaban J connectivity index is 0.00000676. The van der Waals surface area contributed by atoms with Gasteiger partial charge in [-0.05, 0) is 52.4 Å². The molecule has 0 heterocycles. The van der Waals surface area contributed by atoms with E-state index in [2.05, 4.69) is 41.3 Å². The molecule has 0 aliphatic rings. The van der Waals surface area contributed by atoms with Crippen LogP contribution in [0.25, 0.3) is 0 Å². The molecular weight excluding hydrogens is 455 g/mol. The van der Waals surface area contributed by atoms with Crippen LogP contribution in [0.15, 0.2) is 23.2 Å². The molecule has 1 aromatic rings. The highest BCUT2D eigenvalue weighted by Gasteiger charge is 2.09. The normalized spacial score (nSPS) is 12.4. The van der Waals surface area contributed by atoms with Crippen molar-refractivity contribution in [1.82, 2.24) is 15.5 Å². The molecular formula is C20H37IN4O2. The summed E-state index contributed by atoms with van der Waals surface area (Å²) in [5.74, 6) is 1.40. The lowest BCUT2D eigenvalue weighted by Gasteiger charge is -2.21. The van der Waals surface area contributed by atoms with Gasteiger partial charge in [-0.2, -0.15) is 0 Å². The van der Waals surface area contributed by atoms with Crippen molar-refractivity contribution in [3.05, 3.63) is 23.8 Å². The van der Waals surface area contributed by atoms with Crippen LogP contribution in [0.1, 0.15) is 46.1 Å². The molecule has 0 aromatic heterocycles. The maximum atomic E-state index is 10.2. The maximum Gasteiger partial charge on any atom is 0.191 e. The predicted octanol–water partition coefficient (Wildman–Crippen LogP) is 3.58. The molecule has 6 nitrogen and oxygen atoms in total. The zero-order valence-electron chi connectivity index (χ0n) is 17.4. The molecule has 0 bridgehead atoms. The third-order valence-corrected chi connectivity index (χ3v) is 4.44. The van der Waals surface area contributed by atoms with Gasteiger partial charge in [0.25, 0.3) is 0 Å². The number of nitrogens with zero attached hydrogens (tertiary/aromatic N) is 2. The second kappa shape index (κ2) is 14.8. The topological polar surface area (TPSA) is 69.1 Å². The van der Waals surface area contributed by atoms with E-state index in [0.717, 1.165) is 50.5 Å². The number of methoxy groups -OCH3 is 1. The van der Waals surface area contributed by atoms with E-state index >= 15 is 0 Å². The van der Waals surface area contributed by atoms with Crippen molar-refractivity contribution in [2.24, 2.45) is 4.99 Å². The van der Waals surface area contributed by atoms with E-state index in [-0.39, 0.29) is 29.7 Å². The fraction of sp³-hybridized carbons (Fsp3) is 0.650. The first-order valence-corrected chi connectivity index (χ1v) is 9.67. The highest BCUT2D eigenvalue weighted by molar-refractivity contribution is 14.0. The van der Waals surface area contributed by atoms with E-state index in [1.54, 1.807) is 13.2 Å². The van der Waals surface area contributed by atoms with Gasteiger partial charge < -0.3 is 25.4 Å². The van der Waals surface area contributed by atoms with Gasteiger partial charge in [-0.15, -0.1) is 24.0 Å². The summed E-state index contributed by atoms with van der Waals surface area (Å²) in [6, 6.07) is 5.80. The Hall–Kier alpha value is -1.22. The summed E-state index contributed by atoms with van der Waals surface area (Å²) in [6.45, 7) is 13.2. The Morgan fingerprint density at radius 2 is 1.96 bits per heavy atom. The van der Waals surface area contributed by atoms with Crippen molar-refractivity contribution in [3.8, 4) is 11.5 Å². The maximum absolute atomic E-state index is 10.2. The van der Waals surface area contributed by atoms with Gasteiger partial charge in [0.05, 0.1) is 13.7 Å². The molecule has 0 aliphatic carbocycles. The quantitative estimate of drug-likeness (QED) is 0.250. The van der Waals surface area contributed by atoms with E-state index in [1.807, 2.05) is 19.1 Å². The number of hydrogen-bond donors (Lipinski definition) is 3. The number of aliphatic imine (C=N–C) groups is 1. The van der Waals surface area contributed by atoms with Gasteiger partial charge in [-0.1, -0.05) is 26.0 Å². The first kappa shape index (κ1) is 25.8. The Bertz CT molecular complexity index is 551. The second-order valence-electron chi connectivity index (χ2n) is 6.38. The summed E-state index contributed by atoms with van der Waals surface area (Å²) in [6.07, 6.45) is 2.25. The lowest BCUT2D eigenvalue weighted by molar-refractivity contribution is 0.292. The van der Waals surface area contributed by atoms with Crippen LogP contribution in [0.4, 0.5) is 0 Å². The summed E-state index contributed by atoms with van der Waals surface area (Å²) >= 11 is 0. The first-order chi connectivity index (χ1) is 12.5. The van der Waals surface area contributed by atoms with E-state index in [4.69, 9.17) is 4.74 Å². The highest BCUT2D eigenvalue weighted by Crippen LogP contribution is 2.29. The molecule has 1 aromatic carbocycles. The van der Waals surface area contributed by atoms with Gasteiger partial charge in [0.15, 0.2) is 17.5 Å². The number of ether oxygens (including phenoxy) is 1. The molecule has 1 atom stereocenters. The highest BCUT2D eigenvalue weighted by atomic mass is 127. The van der Waals surface area contributed by atoms with Gasteiger partial charge in [-0.25, -0.2) is 4.99 Å². The average Bonchev–Trinajstić information content (AvgIpc) is 2.64. The van der Waals surface area contributed by atoms with Gasteiger partial charge in [0.2, 0.25) is 0 Å². The molecule has 0 radical (unpaired) electrons.